The van der Waals surface area contributed by atoms with Gasteiger partial charge in [0.05, 0.1) is 18.5 Å². The maximum atomic E-state index is 13.5. The molecule has 2 N–H and O–H groups in total. The minimum absolute atomic E-state index is 0.215. The Morgan fingerprint density at radius 3 is 2.68 bits per heavy atom. The molecule has 2 rings (SSSR count). The summed E-state index contributed by atoms with van der Waals surface area (Å²) in [5.74, 6) is 0.374. The highest BCUT2D eigenvalue weighted by Gasteiger charge is 2.03. The lowest BCUT2D eigenvalue weighted by molar-refractivity contribution is 0.414. The number of para-hydroxylation sites is 1. The molecule has 0 spiro atoms. The van der Waals surface area contributed by atoms with Gasteiger partial charge >= 0.3 is 0 Å². The first-order valence-electron chi connectivity index (χ1n) is 6.60. The average molecular weight is 317 g/mol. The number of hydrogen-bond donors (Lipinski definition) is 2. The zero-order chi connectivity index (χ0) is 15.9. The van der Waals surface area contributed by atoms with E-state index in [-0.39, 0.29) is 10.9 Å². The molecule has 0 heterocycles. The number of methoxy groups -OCH3 is 1. The SMILES string of the molecule is COc1cccc(/C(C)=N\NC(=S)Nc2ccccc2F)c1. The molecule has 22 heavy (non-hydrogen) atoms. The van der Waals surface area contributed by atoms with Gasteiger partial charge in [0.25, 0.3) is 0 Å². The minimum Gasteiger partial charge on any atom is -0.497 e. The number of hydrogen-bond acceptors (Lipinski definition) is 3. The second kappa shape index (κ2) is 7.51. The lowest BCUT2D eigenvalue weighted by Crippen LogP contribution is -2.25. The fourth-order valence-electron chi connectivity index (χ4n) is 1.76. The molecule has 6 heteroatoms. The van der Waals surface area contributed by atoms with Crippen LogP contribution < -0.4 is 15.5 Å². The number of thiocarbonyl (C=S) groups is 1. The number of benzene rings is 2. The molecular formula is C16H16FN3OS. The normalized spacial score (nSPS) is 11.0. The Bertz CT molecular complexity index is 703. The van der Waals surface area contributed by atoms with Gasteiger partial charge in [0.1, 0.15) is 11.6 Å². The molecule has 0 aliphatic carbocycles. The molecule has 0 saturated heterocycles. The number of ether oxygens (including phenoxy) is 1. The molecule has 2 aromatic carbocycles. The van der Waals surface area contributed by atoms with Gasteiger partial charge in [-0.05, 0) is 43.4 Å². The number of rotatable bonds is 4. The molecule has 0 amide bonds. The van der Waals surface area contributed by atoms with Gasteiger partial charge in [-0.3, -0.25) is 5.43 Å². The third-order valence-corrected chi connectivity index (χ3v) is 3.13. The van der Waals surface area contributed by atoms with Gasteiger partial charge in [0.15, 0.2) is 5.11 Å². The first-order chi connectivity index (χ1) is 10.6. The maximum absolute atomic E-state index is 13.5. The zero-order valence-corrected chi connectivity index (χ0v) is 13.1. The highest BCUT2D eigenvalue weighted by atomic mass is 32.1. The first-order valence-corrected chi connectivity index (χ1v) is 7.01. The second-order valence-electron chi connectivity index (χ2n) is 4.47. The van der Waals surface area contributed by atoms with Crippen molar-refractivity contribution in [3.8, 4) is 5.75 Å². The van der Waals surface area contributed by atoms with Crippen LogP contribution in [0.15, 0.2) is 53.6 Å². The highest BCUT2D eigenvalue weighted by molar-refractivity contribution is 7.80. The van der Waals surface area contributed by atoms with E-state index in [1.54, 1.807) is 25.3 Å². The van der Waals surface area contributed by atoms with Crippen molar-refractivity contribution in [2.24, 2.45) is 5.10 Å². The summed E-state index contributed by atoms with van der Waals surface area (Å²) in [6.07, 6.45) is 0. The van der Waals surface area contributed by atoms with E-state index in [4.69, 9.17) is 17.0 Å². The van der Waals surface area contributed by atoms with Crippen LogP contribution in [0, 0.1) is 5.82 Å². The molecule has 0 saturated carbocycles. The predicted octanol–water partition coefficient (Wildman–Crippen LogP) is 3.54. The van der Waals surface area contributed by atoms with Gasteiger partial charge < -0.3 is 10.1 Å². The Labute approximate surface area is 134 Å². The van der Waals surface area contributed by atoms with E-state index < -0.39 is 0 Å². The van der Waals surface area contributed by atoms with Crippen LogP contribution in [0.2, 0.25) is 0 Å². The van der Waals surface area contributed by atoms with Gasteiger partial charge in [-0.1, -0.05) is 24.3 Å². The number of nitrogens with zero attached hydrogens (tertiary/aromatic N) is 1. The quantitative estimate of drug-likeness (QED) is 0.514. The first kappa shape index (κ1) is 15.9. The summed E-state index contributed by atoms with van der Waals surface area (Å²) < 4.78 is 18.7. The lowest BCUT2D eigenvalue weighted by Gasteiger charge is -2.09. The molecule has 114 valence electrons. The molecular weight excluding hydrogens is 301 g/mol. The average Bonchev–Trinajstić information content (AvgIpc) is 2.55. The molecule has 0 aliphatic heterocycles. The highest BCUT2D eigenvalue weighted by Crippen LogP contribution is 2.13. The molecule has 0 unspecified atom stereocenters. The van der Waals surface area contributed by atoms with Crippen LogP contribution in [0.4, 0.5) is 10.1 Å². The standard InChI is InChI=1S/C16H16FN3OS/c1-11(12-6-5-7-13(10-12)21-2)19-20-16(22)18-15-9-4-3-8-14(15)17/h3-10H,1-2H3,(H2,18,20,22)/b19-11-. The summed E-state index contributed by atoms with van der Waals surface area (Å²) >= 11 is 5.09. The predicted molar refractivity (Wildman–Crippen MR) is 91.0 cm³/mol. The van der Waals surface area contributed by atoms with Crippen LogP contribution in [-0.4, -0.2) is 17.9 Å². The Balaban J connectivity index is 2.01. The molecule has 0 aromatic heterocycles. The van der Waals surface area contributed by atoms with E-state index in [1.807, 2.05) is 31.2 Å². The number of hydrazone groups is 1. The number of anilines is 1. The van der Waals surface area contributed by atoms with Gasteiger partial charge in [-0.25, -0.2) is 4.39 Å². The molecule has 4 nitrogen and oxygen atoms in total. The van der Waals surface area contributed by atoms with Gasteiger partial charge in [-0.15, -0.1) is 0 Å². The summed E-state index contributed by atoms with van der Waals surface area (Å²) in [4.78, 5) is 0. The Morgan fingerprint density at radius 2 is 1.95 bits per heavy atom. The maximum Gasteiger partial charge on any atom is 0.191 e. The zero-order valence-electron chi connectivity index (χ0n) is 12.3. The van der Waals surface area contributed by atoms with Crippen LogP contribution in [-0.2, 0) is 0 Å². The van der Waals surface area contributed by atoms with Crippen molar-refractivity contribution in [3.63, 3.8) is 0 Å². The van der Waals surface area contributed by atoms with E-state index >= 15 is 0 Å². The fraction of sp³-hybridized carbons (Fsp3) is 0.125. The van der Waals surface area contributed by atoms with E-state index in [2.05, 4.69) is 15.8 Å². The Hall–Kier alpha value is -2.47. The van der Waals surface area contributed by atoms with E-state index in [1.165, 1.54) is 6.07 Å². The summed E-state index contributed by atoms with van der Waals surface area (Å²) in [5.41, 5.74) is 4.63. The van der Waals surface area contributed by atoms with Crippen molar-refractivity contribution in [1.29, 1.82) is 0 Å². The molecule has 0 fully saturated rings. The van der Waals surface area contributed by atoms with E-state index in [0.29, 0.717) is 5.69 Å². The third kappa shape index (κ3) is 4.26. The van der Waals surface area contributed by atoms with Crippen molar-refractivity contribution >= 4 is 28.7 Å². The van der Waals surface area contributed by atoms with Crippen LogP contribution in [0.25, 0.3) is 0 Å². The van der Waals surface area contributed by atoms with Crippen molar-refractivity contribution in [2.75, 3.05) is 12.4 Å². The van der Waals surface area contributed by atoms with Gasteiger partial charge in [0, 0.05) is 5.56 Å². The van der Waals surface area contributed by atoms with E-state index in [0.717, 1.165) is 17.0 Å². The molecule has 0 aliphatic rings. The number of halogens is 1. The number of nitrogens with one attached hydrogen (secondary N) is 2. The Kier molecular flexibility index (Phi) is 5.43. The molecule has 0 bridgehead atoms. The topological polar surface area (TPSA) is 45.6 Å². The summed E-state index contributed by atoms with van der Waals surface area (Å²) in [6, 6.07) is 13.8. The van der Waals surface area contributed by atoms with Crippen LogP contribution in [0.3, 0.4) is 0 Å². The lowest BCUT2D eigenvalue weighted by atomic mass is 10.1. The van der Waals surface area contributed by atoms with Gasteiger partial charge in [0.2, 0.25) is 0 Å². The fourth-order valence-corrected chi connectivity index (χ4v) is 1.92. The third-order valence-electron chi connectivity index (χ3n) is 2.93. The molecule has 0 atom stereocenters. The smallest absolute Gasteiger partial charge is 0.191 e. The second-order valence-corrected chi connectivity index (χ2v) is 4.88. The van der Waals surface area contributed by atoms with Crippen LogP contribution in [0.5, 0.6) is 5.75 Å². The summed E-state index contributed by atoms with van der Waals surface area (Å²) in [6.45, 7) is 1.84. The van der Waals surface area contributed by atoms with Crippen LogP contribution in [0.1, 0.15) is 12.5 Å². The minimum atomic E-state index is -0.375. The Morgan fingerprint density at radius 1 is 1.18 bits per heavy atom. The van der Waals surface area contributed by atoms with E-state index in [9.17, 15) is 4.39 Å². The molecule has 0 radical (unpaired) electrons. The van der Waals surface area contributed by atoms with Crippen molar-refractivity contribution in [2.45, 2.75) is 6.92 Å². The van der Waals surface area contributed by atoms with Crippen molar-refractivity contribution < 1.29 is 9.13 Å². The summed E-state index contributed by atoms with van der Waals surface area (Å²) in [7, 11) is 1.61. The van der Waals surface area contributed by atoms with Crippen molar-refractivity contribution in [1.82, 2.24) is 5.43 Å². The monoisotopic (exact) mass is 317 g/mol. The van der Waals surface area contributed by atoms with Crippen LogP contribution >= 0.6 is 12.2 Å². The van der Waals surface area contributed by atoms with Crippen molar-refractivity contribution in [3.05, 3.63) is 59.9 Å². The largest absolute Gasteiger partial charge is 0.497 e. The summed E-state index contributed by atoms with van der Waals surface area (Å²) in [5, 5.41) is 7.15. The molecule has 2 aromatic rings. The van der Waals surface area contributed by atoms with Gasteiger partial charge in [-0.2, -0.15) is 5.10 Å².